The maximum absolute atomic E-state index is 13.2. The molecule has 4 aliphatic carbocycles. The summed E-state index contributed by atoms with van der Waals surface area (Å²) >= 11 is 1.51. The van der Waals surface area contributed by atoms with Crippen LogP contribution < -0.4 is 0 Å². The Morgan fingerprint density at radius 3 is 2.18 bits per heavy atom. The Hall–Kier alpha value is -0.770. The standard InChI is InChI=1S/C18H25NO2S/c1-10-11(2)21-17(19-10)22-12(3)16(20)18-7-13-4-14(8-18)6-15(5-13)9-18/h12-15H,4-9H2,1-3H3. The molecule has 0 saturated heterocycles. The van der Waals surface area contributed by atoms with Crippen LogP contribution in [0.1, 0.15) is 56.9 Å². The Bertz CT molecular complexity index is 551. The van der Waals surface area contributed by atoms with E-state index in [1.807, 2.05) is 20.8 Å². The van der Waals surface area contributed by atoms with Gasteiger partial charge in [0.1, 0.15) is 5.76 Å². The number of aryl methyl sites for hydroxylation is 2. The maximum atomic E-state index is 13.2. The molecular formula is C18H25NO2S. The molecule has 4 bridgehead atoms. The molecule has 0 N–H and O–H groups in total. The summed E-state index contributed by atoms with van der Waals surface area (Å²) in [7, 11) is 0. The number of oxazole rings is 1. The summed E-state index contributed by atoms with van der Waals surface area (Å²) in [6.45, 7) is 5.92. The maximum Gasteiger partial charge on any atom is 0.256 e. The van der Waals surface area contributed by atoms with Gasteiger partial charge in [0.25, 0.3) is 5.22 Å². The minimum atomic E-state index is -0.0475. The lowest BCUT2D eigenvalue weighted by molar-refractivity contribution is -0.143. The van der Waals surface area contributed by atoms with Crippen LogP contribution >= 0.6 is 11.8 Å². The first-order valence-corrected chi connectivity index (χ1v) is 9.48. The van der Waals surface area contributed by atoms with Crippen molar-refractivity contribution in [1.29, 1.82) is 0 Å². The first-order chi connectivity index (χ1) is 10.4. The second-order valence-corrected chi connectivity index (χ2v) is 9.24. The van der Waals surface area contributed by atoms with Crippen LogP contribution in [-0.2, 0) is 4.79 Å². The van der Waals surface area contributed by atoms with E-state index >= 15 is 0 Å². The molecule has 0 spiro atoms. The van der Waals surface area contributed by atoms with E-state index in [0.717, 1.165) is 48.5 Å². The first-order valence-electron chi connectivity index (χ1n) is 8.60. The third kappa shape index (κ3) is 2.34. The number of aromatic nitrogens is 1. The average molecular weight is 319 g/mol. The third-order valence-electron chi connectivity index (χ3n) is 6.22. The Morgan fingerprint density at radius 1 is 1.18 bits per heavy atom. The van der Waals surface area contributed by atoms with Gasteiger partial charge in [-0.05, 0) is 77.0 Å². The van der Waals surface area contributed by atoms with Gasteiger partial charge in [0.15, 0.2) is 5.78 Å². The topological polar surface area (TPSA) is 43.1 Å². The quantitative estimate of drug-likeness (QED) is 0.763. The molecule has 0 aliphatic heterocycles. The molecule has 120 valence electrons. The molecule has 0 amide bonds. The molecule has 4 aliphatic rings. The van der Waals surface area contributed by atoms with Crippen LogP contribution in [0.4, 0.5) is 0 Å². The van der Waals surface area contributed by atoms with Crippen molar-refractivity contribution in [2.45, 2.75) is 69.8 Å². The van der Waals surface area contributed by atoms with Crippen molar-refractivity contribution in [3.63, 3.8) is 0 Å². The second kappa shape index (κ2) is 5.12. The van der Waals surface area contributed by atoms with Crippen LogP contribution in [0.3, 0.4) is 0 Å². The van der Waals surface area contributed by atoms with Crippen LogP contribution in [0.15, 0.2) is 9.64 Å². The van der Waals surface area contributed by atoms with E-state index < -0.39 is 0 Å². The monoisotopic (exact) mass is 319 g/mol. The van der Waals surface area contributed by atoms with Crippen molar-refractivity contribution in [3.8, 4) is 0 Å². The zero-order chi connectivity index (χ0) is 15.5. The van der Waals surface area contributed by atoms with E-state index in [4.69, 9.17) is 4.42 Å². The highest BCUT2D eigenvalue weighted by Crippen LogP contribution is 2.61. The Balaban J connectivity index is 1.51. The molecular weight excluding hydrogens is 294 g/mol. The van der Waals surface area contributed by atoms with Crippen molar-refractivity contribution in [3.05, 3.63) is 11.5 Å². The lowest BCUT2D eigenvalue weighted by Crippen LogP contribution is -2.51. The number of carbonyl (C=O) groups is 1. The summed E-state index contributed by atoms with van der Waals surface area (Å²) in [5.74, 6) is 3.78. The Kier molecular flexibility index (Phi) is 3.44. The summed E-state index contributed by atoms with van der Waals surface area (Å²) in [4.78, 5) is 17.6. The summed E-state index contributed by atoms with van der Waals surface area (Å²) in [5, 5.41) is 0.606. The largest absolute Gasteiger partial charge is 0.437 e. The third-order valence-corrected chi connectivity index (χ3v) is 7.16. The number of thioether (sulfide) groups is 1. The minimum absolute atomic E-state index is 0.0160. The summed E-state index contributed by atoms with van der Waals surface area (Å²) < 4.78 is 5.65. The number of hydrogen-bond acceptors (Lipinski definition) is 4. The molecule has 1 aromatic rings. The van der Waals surface area contributed by atoms with E-state index in [1.165, 1.54) is 31.0 Å². The summed E-state index contributed by atoms with van der Waals surface area (Å²) in [5.41, 5.74) is 0.912. The van der Waals surface area contributed by atoms with E-state index in [9.17, 15) is 4.79 Å². The number of Topliss-reactive ketones (excluding diaryl/α,β-unsaturated/α-hetero) is 1. The molecule has 4 heteroatoms. The SMILES string of the molecule is Cc1nc(SC(C)C(=O)C23CC4CC(CC(C4)C2)C3)oc1C. The lowest BCUT2D eigenvalue weighted by atomic mass is 9.48. The van der Waals surface area contributed by atoms with Gasteiger partial charge in [-0.15, -0.1) is 0 Å². The summed E-state index contributed by atoms with van der Waals surface area (Å²) in [6, 6.07) is 0. The fourth-order valence-corrected chi connectivity index (χ4v) is 6.56. The molecule has 22 heavy (non-hydrogen) atoms. The van der Waals surface area contributed by atoms with Gasteiger partial charge in [-0.2, -0.15) is 0 Å². The Morgan fingerprint density at radius 2 is 1.73 bits per heavy atom. The van der Waals surface area contributed by atoms with E-state index in [1.54, 1.807) is 0 Å². The average Bonchev–Trinajstić information content (AvgIpc) is 2.74. The lowest BCUT2D eigenvalue weighted by Gasteiger charge is -2.56. The zero-order valence-corrected chi connectivity index (χ0v) is 14.5. The fraction of sp³-hybridized carbons (Fsp3) is 0.778. The molecule has 5 rings (SSSR count). The number of rotatable bonds is 4. The first kappa shape index (κ1) is 14.8. The van der Waals surface area contributed by atoms with E-state index in [2.05, 4.69) is 4.98 Å². The van der Waals surface area contributed by atoms with Gasteiger partial charge >= 0.3 is 0 Å². The molecule has 4 saturated carbocycles. The van der Waals surface area contributed by atoms with Crippen LogP contribution in [0.5, 0.6) is 0 Å². The van der Waals surface area contributed by atoms with Crippen LogP contribution in [0, 0.1) is 37.0 Å². The highest BCUT2D eigenvalue weighted by atomic mass is 32.2. The van der Waals surface area contributed by atoms with Crippen molar-refractivity contribution < 1.29 is 9.21 Å². The highest BCUT2D eigenvalue weighted by molar-refractivity contribution is 8.00. The number of nitrogens with zero attached hydrogens (tertiary/aromatic N) is 1. The van der Waals surface area contributed by atoms with Crippen molar-refractivity contribution in [1.82, 2.24) is 4.98 Å². The van der Waals surface area contributed by atoms with Crippen LogP contribution in [0.2, 0.25) is 0 Å². The van der Waals surface area contributed by atoms with E-state index in [-0.39, 0.29) is 10.7 Å². The fourth-order valence-electron chi connectivity index (χ4n) is 5.54. The number of ketones is 1. The van der Waals surface area contributed by atoms with Crippen molar-refractivity contribution >= 4 is 17.5 Å². The van der Waals surface area contributed by atoms with Gasteiger partial charge in [-0.25, -0.2) is 4.98 Å². The van der Waals surface area contributed by atoms with Gasteiger partial charge in [0.2, 0.25) is 0 Å². The molecule has 1 heterocycles. The summed E-state index contributed by atoms with van der Waals surface area (Å²) in [6.07, 6.45) is 7.58. The number of hydrogen-bond donors (Lipinski definition) is 0. The van der Waals surface area contributed by atoms with Gasteiger partial charge in [-0.1, -0.05) is 11.8 Å². The zero-order valence-electron chi connectivity index (χ0n) is 13.7. The smallest absolute Gasteiger partial charge is 0.256 e. The van der Waals surface area contributed by atoms with Crippen molar-refractivity contribution in [2.75, 3.05) is 0 Å². The number of carbonyl (C=O) groups excluding carboxylic acids is 1. The van der Waals surface area contributed by atoms with E-state index in [0.29, 0.717) is 11.0 Å². The van der Waals surface area contributed by atoms with Gasteiger partial charge in [0, 0.05) is 5.41 Å². The predicted octanol–water partition coefficient (Wildman–Crippen LogP) is 4.56. The highest BCUT2D eigenvalue weighted by Gasteiger charge is 2.55. The molecule has 1 atom stereocenters. The molecule has 3 nitrogen and oxygen atoms in total. The molecule has 1 aromatic heterocycles. The van der Waals surface area contributed by atoms with Gasteiger partial charge in [-0.3, -0.25) is 4.79 Å². The van der Waals surface area contributed by atoms with Crippen LogP contribution in [-0.4, -0.2) is 16.0 Å². The molecule has 0 aromatic carbocycles. The molecule has 4 fully saturated rings. The van der Waals surface area contributed by atoms with Gasteiger partial charge in [0.05, 0.1) is 10.9 Å². The minimum Gasteiger partial charge on any atom is -0.437 e. The van der Waals surface area contributed by atoms with Crippen LogP contribution in [0.25, 0.3) is 0 Å². The normalized spacial score (nSPS) is 37.5. The Labute approximate surface area is 136 Å². The van der Waals surface area contributed by atoms with Gasteiger partial charge < -0.3 is 4.42 Å². The molecule has 0 radical (unpaired) electrons. The molecule has 1 unspecified atom stereocenters. The predicted molar refractivity (Wildman–Crippen MR) is 86.9 cm³/mol. The second-order valence-electron chi connectivity index (χ2n) is 7.94. The van der Waals surface area contributed by atoms with Crippen molar-refractivity contribution in [2.24, 2.45) is 23.2 Å².